The van der Waals surface area contributed by atoms with Gasteiger partial charge in [-0.1, -0.05) is 11.6 Å². The minimum absolute atomic E-state index is 0.301. The zero-order valence-electron chi connectivity index (χ0n) is 15.9. The van der Waals surface area contributed by atoms with Crippen LogP contribution in [-0.2, 0) is 9.53 Å². The molecule has 0 spiro atoms. The van der Waals surface area contributed by atoms with E-state index in [2.05, 4.69) is 5.32 Å². The number of ether oxygens (including phenoxy) is 4. The highest BCUT2D eigenvalue weighted by atomic mass is 35.5. The van der Waals surface area contributed by atoms with E-state index in [4.69, 9.17) is 30.5 Å². The molecular weight excluding hydrogens is 370 g/mol. The maximum atomic E-state index is 12.7. The van der Waals surface area contributed by atoms with E-state index < -0.39 is 5.60 Å². The molecule has 1 N–H and O–H groups in total. The summed E-state index contributed by atoms with van der Waals surface area (Å²) in [6, 6.07) is 12.0. The minimum Gasteiger partial charge on any atom is -0.493 e. The molecule has 1 amide bonds. The third-order valence-corrected chi connectivity index (χ3v) is 3.95. The van der Waals surface area contributed by atoms with Gasteiger partial charge in [-0.3, -0.25) is 4.79 Å². The van der Waals surface area contributed by atoms with Crippen LogP contribution in [0, 0.1) is 0 Å². The number of methoxy groups -OCH3 is 2. The van der Waals surface area contributed by atoms with Crippen molar-refractivity contribution >= 4 is 23.2 Å². The van der Waals surface area contributed by atoms with Crippen LogP contribution in [0.3, 0.4) is 0 Å². The van der Waals surface area contributed by atoms with Gasteiger partial charge in [0.1, 0.15) is 12.4 Å². The first-order chi connectivity index (χ1) is 12.9. The lowest BCUT2D eigenvalue weighted by molar-refractivity contribution is -0.128. The molecule has 2 aromatic carbocycles. The van der Waals surface area contributed by atoms with Crippen molar-refractivity contribution in [2.24, 2.45) is 0 Å². The monoisotopic (exact) mass is 393 g/mol. The standard InChI is InChI=1S/C20H24ClNO5/c1-20(2,27-16-8-5-14(21)6-9-16)19(23)22-15-7-10-17(25-4)18(13-15)26-12-11-24-3/h5-10,13H,11-12H2,1-4H3,(H,22,23). The lowest BCUT2D eigenvalue weighted by Crippen LogP contribution is -2.42. The van der Waals surface area contributed by atoms with Crippen LogP contribution in [0.5, 0.6) is 17.2 Å². The average molecular weight is 394 g/mol. The largest absolute Gasteiger partial charge is 0.493 e. The molecule has 0 aliphatic carbocycles. The van der Waals surface area contributed by atoms with Crippen LogP contribution in [-0.4, -0.2) is 38.9 Å². The number of carbonyl (C=O) groups excluding carboxylic acids is 1. The summed E-state index contributed by atoms with van der Waals surface area (Å²) in [6.07, 6.45) is 0. The van der Waals surface area contributed by atoms with Crippen LogP contribution < -0.4 is 19.5 Å². The van der Waals surface area contributed by atoms with E-state index in [0.29, 0.717) is 41.2 Å². The predicted octanol–water partition coefficient (Wildman–Crippen LogP) is 4.17. The molecule has 0 aliphatic heterocycles. The van der Waals surface area contributed by atoms with E-state index in [1.54, 1.807) is 70.5 Å². The van der Waals surface area contributed by atoms with Crippen LogP contribution in [0.1, 0.15) is 13.8 Å². The molecule has 0 unspecified atom stereocenters. The van der Waals surface area contributed by atoms with E-state index in [-0.39, 0.29) is 5.91 Å². The van der Waals surface area contributed by atoms with Gasteiger partial charge in [0.25, 0.3) is 5.91 Å². The number of amides is 1. The Labute approximate surface area is 164 Å². The van der Waals surface area contributed by atoms with E-state index in [0.717, 1.165) is 0 Å². The summed E-state index contributed by atoms with van der Waals surface area (Å²) in [7, 11) is 3.15. The van der Waals surface area contributed by atoms with Crippen molar-refractivity contribution in [1.82, 2.24) is 0 Å². The summed E-state index contributed by atoms with van der Waals surface area (Å²) < 4.78 is 21.7. The first kappa shape index (κ1) is 20.9. The van der Waals surface area contributed by atoms with E-state index >= 15 is 0 Å². The Morgan fingerprint density at radius 1 is 1.04 bits per heavy atom. The van der Waals surface area contributed by atoms with Crippen molar-refractivity contribution in [2.45, 2.75) is 19.4 Å². The Kier molecular flexibility index (Phi) is 7.33. The summed E-state index contributed by atoms with van der Waals surface area (Å²) >= 11 is 5.87. The van der Waals surface area contributed by atoms with Gasteiger partial charge in [-0.05, 0) is 50.2 Å². The van der Waals surface area contributed by atoms with Crippen LogP contribution in [0.4, 0.5) is 5.69 Å². The van der Waals surface area contributed by atoms with Crippen molar-refractivity contribution in [3.8, 4) is 17.2 Å². The highest BCUT2D eigenvalue weighted by Gasteiger charge is 2.30. The first-order valence-corrected chi connectivity index (χ1v) is 8.79. The summed E-state index contributed by atoms with van der Waals surface area (Å²) in [6.45, 7) is 4.20. The fourth-order valence-electron chi connectivity index (χ4n) is 2.23. The topological polar surface area (TPSA) is 66.0 Å². The van der Waals surface area contributed by atoms with Gasteiger partial charge in [0, 0.05) is 23.9 Å². The van der Waals surface area contributed by atoms with Crippen molar-refractivity contribution in [3.63, 3.8) is 0 Å². The van der Waals surface area contributed by atoms with Crippen molar-refractivity contribution in [3.05, 3.63) is 47.5 Å². The second-order valence-electron chi connectivity index (χ2n) is 6.23. The van der Waals surface area contributed by atoms with E-state index in [1.165, 1.54) is 0 Å². The van der Waals surface area contributed by atoms with Crippen molar-refractivity contribution in [2.75, 3.05) is 32.8 Å². The summed E-state index contributed by atoms with van der Waals surface area (Å²) in [4.78, 5) is 12.7. The average Bonchev–Trinajstić information content (AvgIpc) is 2.64. The third kappa shape index (κ3) is 6.05. The molecule has 0 saturated carbocycles. The summed E-state index contributed by atoms with van der Waals surface area (Å²) in [5.41, 5.74) is -0.522. The number of nitrogens with one attached hydrogen (secondary N) is 1. The number of hydrogen-bond acceptors (Lipinski definition) is 5. The second kappa shape index (κ2) is 9.48. The van der Waals surface area contributed by atoms with Crippen molar-refractivity contribution in [1.29, 1.82) is 0 Å². The molecule has 2 aromatic rings. The van der Waals surface area contributed by atoms with Gasteiger partial charge in [0.2, 0.25) is 0 Å². The molecule has 0 bridgehead atoms. The molecule has 0 heterocycles. The highest BCUT2D eigenvalue weighted by molar-refractivity contribution is 6.30. The second-order valence-corrected chi connectivity index (χ2v) is 6.66. The van der Waals surface area contributed by atoms with Gasteiger partial charge in [-0.15, -0.1) is 0 Å². The van der Waals surface area contributed by atoms with Crippen LogP contribution in [0.15, 0.2) is 42.5 Å². The lowest BCUT2D eigenvalue weighted by Gasteiger charge is -2.25. The Morgan fingerprint density at radius 3 is 2.37 bits per heavy atom. The van der Waals surface area contributed by atoms with Gasteiger partial charge >= 0.3 is 0 Å². The minimum atomic E-state index is -1.09. The quantitative estimate of drug-likeness (QED) is 0.648. The molecule has 0 atom stereocenters. The molecule has 0 fully saturated rings. The van der Waals surface area contributed by atoms with Crippen LogP contribution >= 0.6 is 11.6 Å². The van der Waals surface area contributed by atoms with Crippen LogP contribution in [0.2, 0.25) is 5.02 Å². The molecule has 6 nitrogen and oxygen atoms in total. The number of carbonyl (C=O) groups is 1. The van der Waals surface area contributed by atoms with Gasteiger partial charge < -0.3 is 24.3 Å². The fourth-order valence-corrected chi connectivity index (χ4v) is 2.35. The number of anilines is 1. The summed E-state index contributed by atoms with van der Waals surface area (Å²) in [5.74, 6) is 1.34. The Morgan fingerprint density at radius 2 is 1.74 bits per heavy atom. The maximum Gasteiger partial charge on any atom is 0.267 e. The van der Waals surface area contributed by atoms with E-state index in [1.807, 2.05) is 0 Å². The van der Waals surface area contributed by atoms with Gasteiger partial charge in [-0.2, -0.15) is 0 Å². The first-order valence-electron chi connectivity index (χ1n) is 8.41. The van der Waals surface area contributed by atoms with Gasteiger partial charge in [0.15, 0.2) is 17.1 Å². The zero-order valence-corrected chi connectivity index (χ0v) is 16.6. The highest BCUT2D eigenvalue weighted by Crippen LogP contribution is 2.31. The van der Waals surface area contributed by atoms with E-state index in [9.17, 15) is 4.79 Å². The zero-order chi connectivity index (χ0) is 19.9. The molecule has 0 radical (unpaired) electrons. The Hall–Kier alpha value is -2.44. The molecule has 0 saturated heterocycles. The molecule has 2 rings (SSSR count). The third-order valence-electron chi connectivity index (χ3n) is 3.70. The van der Waals surface area contributed by atoms with Gasteiger partial charge in [-0.25, -0.2) is 0 Å². The Bertz CT molecular complexity index is 761. The smallest absolute Gasteiger partial charge is 0.267 e. The van der Waals surface area contributed by atoms with Crippen molar-refractivity contribution < 1.29 is 23.7 Å². The van der Waals surface area contributed by atoms with Gasteiger partial charge in [0.05, 0.1) is 13.7 Å². The normalized spacial score (nSPS) is 11.0. The Balaban J connectivity index is 2.08. The molecule has 146 valence electrons. The predicted molar refractivity (Wildman–Crippen MR) is 105 cm³/mol. The molecule has 27 heavy (non-hydrogen) atoms. The SMILES string of the molecule is COCCOc1cc(NC(=O)C(C)(C)Oc2ccc(Cl)cc2)ccc1OC. The number of halogens is 1. The molecule has 0 aliphatic rings. The maximum absolute atomic E-state index is 12.7. The fraction of sp³-hybridized carbons (Fsp3) is 0.350. The van der Waals surface area contributed by atoms with Crippen LogP contribution in [0.25, 0.3) is 0 Å². The molecule has 0 aromatic heterocycles. The number of hydrogen-bond donors (Lipinski definition) is 1. The lowest BCUT2D eigenvalue weighted by atomic mass is 10.1. The number of benzene rings is 2. The molecule has 7 heteroatoms. The number of rotatable bonds is 9. The summed E-state index contributed by atoms with van der Waals surface area (Å²) in [5, 5.41) is 3.44. The molecular formula is C20H24ClNO5.